The number of nitrogens with one attached hydrogen (secondary N) is 2. The first-order valence-electron chi connectivity index (χ1n) is 8.85. The SMILES string of the molecule is COc1ccc(CNC(=O)C2CC2C(=O)Nc2cccc(C#N)c2)cc1OC. The Balaban J connectivity index is 1.51. The van der Waals surface area contributed by atoms with E-state index in [2.05, 4.69) is 10.6 Å². The van der Waals surface area contributed by atoms with E-state index in [0.29, 0.717) is 35.7 Å². The maximum atomic E-state index is 12.3. The van der Waals surface area contributed by atoms with Crippen molar-refractivity contribution in [3.8, 4) is 17.6 Å². The van der Waals surface area contributed by atoms with E-state index < -0.39 is 0 Å². The Morgan fingerprint density at radius 3 is 2.54 bits per heavy atom. The van der Waals surface area contributed by atoms with Crippen LogP contribution in [0.2, 0.25) is 0 Å². The van der Waals surface area contributed by atoms with Gasteiger partial charge in [-0.3, -0.25) is 9.59 Å². The number of rotatable bonds is 7. The molecule has 2 unspecified atom stereocenters. The van der Waals surface area contributed by atoms with Crippen LogP contribution in [0, 0.1) is 23.2 Å². The van der Waals surface area contributed by atoms with E-state index >= 15 is 0 Å². The van der Waals surface area contributed by atoms with E-state index in [4.69, 9.17) is 14.7 Å². The molecule has 1 saturated carbocycles. The lowest BCUT2D eigenvalue weighted by atomic mass is 10.2. The van der Waals surface area contributed by atoms with E-state index in [1.54, 1.807) is 50.6 Å². The van der Waals surface area contributed by atoms with Crippen molar-refractivity contribution in [1.82, 2.24) is 5.32 Å². The van der Waals surface area contributed by atoms with Gasteiger partial charge in [-0.2, -0.15) is 5.26 Å². The van der Waals surface area contributed by atoms with Crippen LogP contribution in [0.4, 0.5) is 5.69 Å². The number of anilines is 1. The summed E-state index contributed by atoms with van der Waals surface area (Å²) in [5.74, 6) is 0.173. The Labute approximate surface area is 163 Å². The Kier molecular flexibility index (Phi) is 5.80. The standard InChI is InChI=1S/C21H21N3O4/c1-27-18-7-6-14(9-19(18)28-2)12-23-20(25)16-10-17(16)21(26)24-15-5-3-4-13(8-15)11-22/h3-9,16-17H,10,12H2,1-2H3,(H,23,25)(H,24,26). The molecule has 3 rings (SSSR count). The van der Waals surface area contributed by atoms with Gasteiger partial charge < -0.3 is 20.1 Å². The summed E-state index contributed by atoms with van der Waals surface area (Å²) < 4.78 is 10.4. The first-order valence-corrected chi connectivity index (χ1v) is 8.85. The highest BCUT2D eigenvalue weighted by Gasteiger charge is 2.47. The summed E-state index contributed by atoms with van der Waals surface area (Å²) >= 11 is 0. The molecule has 0 aliphatic heterocycles. The number of carbonyl (C=O) groups excluding carboxylic acids is 2. The number of carbonyl (C=O) groups is 2. The Bertz CT molecular complexity index is 935. The summed E-state index contributed by atoms with van der Waals surface area (Å²) in [6.07, 6.45) is 0.515. The van der Waals surface area contributed by atoms with E-state index in [0.717, 1.165) is 5.56 Å². The quantitative estimate of drug-likeness (QED) is 0.770. The highest BCUT2D eigenvalue weighted by atomic mass is 16.5. The van der Waals surface area contributed by atoms with Gasteiger partial charge in [-0.05, 0) is 42.3 Å². The molecule has 2 amide bonds. The van der Waals surface area contributed by atoms with Crippen LogP contribution in [0.15, 0.2) is 42.5 Å². The first kappa shape index (κ1) is 19.2. The fraction of sp³-hybridized carbons (Fsp3) is 0.286. The van der Waals surface area contributed by atoms with E-state index in [1.165, 1.54) is 0 Å². The Hall–Kier alpha value is -3.53. The molecule has 0 heterocycles. The number of ether oxygens (including phenoxy) is 2. The lowest BCUT2D eigenvalue weighted by Gasteiger charge is -2.10. The van der Waals surface area contributed by atoms with Gasteiger partial charge in [0, 0.05) is 12.2 Å². The van der Waals surface area contributed by atoms with Crippen molar-refractivity contribution in [2.45, 2.75) is 13.0 Å². The molecular formula is C21H21N3O4. The number of amides is 2. The fourth-order valence-corrected chi connectivity index (χ4v) is 2.99. The van der Waals surface area contributed by atoms with Crippen LogP contribution < -0.4 is 20.1 Å². The minimum absolute atomic E-state index is 0.152. The molecule has 144 valence electrons. The van der Waals surface area contributed by atoms with Crippen LogP contribution in [-0.2, 0) is 16.1 Å². The summed E-state index contributed by atoms with van der Waals surface area (Å²) in [7, 11) is 3.12. The highest BCUT2D eigenvalue weighted by molar-refractivity contribution is 5.99. The molecule has 28 heavy (non-hydrogen) atoms. The summed E-state index contributed by atoms with van der Waals surface area (Å²) in [5.41, 5.74) is 1.90. The molecule has 1 aliphatic carbocycles. The van der Waals surface area contributed by atoms with Gasteiger partial charge in [0.25, 0.3) is 0 Å². The second-order valence-electron chi connectivity index (χ2n) is 6.54. The minimum Gasteiger partial charge on any atom is -0.493 e. The van der Waals surface area contributed by atoms with Gasteiger partial charge in [-0.25, -0.2) is 0 Å². The molecule has 1 fully saturated rings. The van der Waals surface area contributed by atoms with Gasteiger partial charge >= 0.3 is 0 Å². The summed E-state index contributed by atoms with van der Waals surface area (Å²) in [6, 6.07) is 14.1. The lowest BCUT2D eigenvalue weighted by molar-refractivity contribution is -0.125. The van der Waals surface area contributed by atoms with E-state index in [9.17, 15) is 9.59 Å². The number of benzene rings is 2. The van der Waals surface area contributed by atoms with Crippen LogP contribution in [0.25, 0.3) is 0 Å². The zero-order chi connectivity index (χ0) is 20.1. The van der Waals surface area contributed by atoms with E-state index in [1.807, 2.05) is 12.1 Å². The van der Waals surface area contributed by atoms with Crippen LogP contribution in [0.1, 0.15) is 17.5 Å². The maximum Gasteiger partial charge on any atom is 0.228 e. The number of hydrogen-bond donors (Lipinski definition) is 2. The van der Waals surface area contributed by atoms with E-state index in [-0.39, 0.29) is 23.7 Å². The number of methoxy groups -OCH3 is 2. The van der Waals surface area contributed by atoms with Gasteiger partial charge in [-0.1, -0.05) is 12.1 Å². The maximum absolute atomic E-state index is 12.3. The first-order chi connectivity index (χ1) is 13.5. The molecule has 0 aromatic heterocycles. The normalized spacial score (nSPS) is 17.2. The van der Waals surface area contributed by atoms with Crippen molar-refractivity contribution < 1.29 is 19.1 Å². The van der Waals surface area contributed by atoms with Crippen molar-refractivity contribution in [2.75, 3.05) is 19.5 Å². The smallest absolute Gasteiger partial charge is 0.228 e. The third-order valence-electron chi connectivity index (χ3n) is 4.64. The average Bonchev–Trinajstić information content (AvgIpc) is 3.53. The van der Waals surface area contributed by atoms with Crippen LogP contribution in [-0.4, -0.2) is 26.0 Å². The van der Waals surface area contributed by atoms with Gasteiger partial charge in [0.2, 0.25) is 11.8 Å². The monoisotopic (exact) mass is 379 g/mol. The topological polar surface area (TPSA) is 100 Å². The minimum atomic E-state index is -0.351. The largest absolute Gasteiger partial charge is 0.493 e. The molecule has 0 radical (unpaired) electrons. The predicted octanol–water partition coefficient (Wildman–Crippen LogP) is 2.47. The zero-order valence-corrected chi connectivity index (χ0v) is 15.7. The van der Waals surface area contributed by atoms with Crippen LogP contribution >= 0.6 is 0 Å². The third-order valence-corrected chi connectivity index (χ3v) is 4.64. The Morgan fingerprint density at radius 2 is 1.82 bits per heavy atom. The molecule has 7 heteroatoms. The predicted molar refractivity (Wildman–Crippen MR) is 103 cm³/mol. The Morgan fingerprint density at radius 1 is 1.07 bits per heavy atom. The van der Waals surface area contributed by atoms with Crippen LogP contribution in [0.5, 0.6) is 11.5 Å². The number of nitriles is 1. The molecule has 2 atom stereocenters. The molecular weight excluding hydrogens is 358 g/mol. The molecule has 0 saturated heterocycles. The summed E-state index contributed by atoms with van der Waals surface area (Å²) in [6.45, 7) is 0.342. The summed E-state index contributed by atoms with van der Waals surface area (Å²) in [5, 5.41) is 14.5. The molecule has 2 N–H and O–H groups in total. The van der Waals surface area contributed by atoms with Crippen molar-refractivity contribution in [3.05, 3.63) is 53.6 Å². The second-order valence-corrected chi connectivity index (χ2v) is 6.54. The van der Waals surface area contributed by atoms with Gasteiger partial charge in [-0.15, -0.1) is 0 Å². The average molecular weight is 379 g/mol. The van der Waals surface area contributed by atoms with Gasteiger partial charge in [0.15, 0.2) is 11.5 Å². The third kappa shape index (κ3) is 4.41. The molecule has 2 aromatic rings. The number of nitrogens with zero attached hydrogens (tertiary/aromatic N) is 1. The molecule has 2 aromatic carbocycles. The second kappa shape index (κ2) is 8.44. The highest BCUT2D eigenvalue weighted by Crippen LogP contribution is 2.39. The van der Waals surface area contributed by atoms with Crippen molar-refractivity contribution >= 4 is 17.5 Å². The van der Waals surface area contributed by atoms with Crippen molar-refractivity contribution in [2.24, 2.45) is 11.8 Å². The van der Waals surface area contributed by atoms with Crippen molar-refractivity contribution in [1.29, 1.82) is 5.26 Å². The summed E-state index contributed by atoms with van der Waals surface area (Å²) in [4.78, 5) is 24.6. The molecule has 0 spiro atoms. The fourth-order valence-electron chi connectivity index (χ4n) is 2.99. The number of hydrogen-bond acceptors (Lipinski definition) is 5. The molecule has 7 nitrogen and oxygen atoms in total. The lowest BCUT2D eigenvalue weighted by Crippen LogP contribution is -2.27. The zero-order valence-electron chi connectivity index (χ0n) is 15.7. The van der Waals surface area contributed by atoms with Crippen molar-refractivity contribution in [3.63, 3.8) is 0 Å². The van der Waals surface area contributed by atoms with Gasteiger partial charge in [0.05, 0.1) is 37.7 Å². The van der Waals surface area contributed by atoms with Crippen LogP contribution in [0.3, 0.4) is 0 Å². The molecule has 0 bridgehead atoms. The molecule has 1 aliphatic rings. The van der Waals surface area contributed by atoms with Gasteiger partial charge in [0.1, 0.15) is 0 Å².